The van der Waals surface area contributed by atoms with Crippen molar-refractivity contribution < 1.29 is 9.59 Å². The molecule has 4 rings (SSSR count). The molecular formula is C22H28N6O2. The number of primary amides is 1. The molecule has 1 aromatic heterocycles. The average molecular weight is 409 g/mol. The monoisotopic (exact) mass is 408 g/mol. The number of hydrogen-bond acceptors (Lipinski definition) is 6. The van der Waals surface area contributed by atoms with Crippen molar-refractivity contribution in [3.8, 4) is 11.1 Å². The number of nitrogens with two attached hydrogens (primary N) is 1. The molecule has 1 atom stereocenters. The van der Waals surface area contributed by atoms with Crippen LogP contribution in [0.25, 0.3) is 11.1 Å². The van der Waals surface area contributed by atoms with Gasteiger partial charge in [0.2, 0.25) is 17.8 Å². The van der Waals surface area contributed by atoms with Gasteiger partial charge >= 0.3 is 0 Å². The predicted octanol–water partition coefficient (Wildman–Crippen LogP) is 1.33. The molecule has 2 aliphatic rings. The van der Waals surface area contributed by atoms with E-state index in [-0.39, 0.29) is 11.8 Å². The van der Waals surface area contributed by atoms with Crippen molar-refractivity contribution in [3.63, 3.8) is 0 Å². The standard InChI is InChI=1S/C22H28N6O2/c1-26(2)22-24-12-18(15-5-3-6-16(11-15)21(23)30)20(25-22)17-7-10-27(13-17)14-19(29)28-8-4-9-28/h3,5-6,11-12,17H,4,7-10,13-14H2,1-2H3,(H2,23,30)/t17-/m1/s1. The van der Waals surface area contributed by atoms with Gasteiger partial charge in [0.25, 0.3) is 0 Å². The number of amides is 2. The number of carbonyl (C=O) groups is 2. The Kier molecular flexibility index (Phi) is 5.67. The Morgan fingerprint density at radius 3 is 2.70 bits per heavy atom. The molecule has 3 heterocycles. The fourth-order valence-corrected chi connectivity index (χ4v) is 4.03. The van der Waals surface area contributed by atoms with E-state index in [9.17, 15) is 9.59 Å². The SMILES string of the molecule is CN(C)c1ncc(-c2cccc(C(N)=O)c2)c([C@@H]2CCN(CC(=O)N3CCC3)C2)n1. The Balaban J connectivity index is 1.61. The average Bonchev–Trinajstić information content (AvgIpc) is 3.14. The third kappa shape index (κ3) is 4.14. The first-order valence-electron chi connectivity index (χ1n) is 10.4. The van der Waals surface area contributed by atoms with Crippen LogP contribution in [0.5, 0.6) is 0 Å². The molecule has 0 unspecified atom stereocenters. The summed E-state index contributed by atoms with van der Waals surface area (Å²) in [7, 11) is 3.83. The van der Waals surface area contributed by atoms with Gasteiger partial charge in [-0.2, -0.15) is 0 Å². The van der Waals surface area contributed by atoms with E-state index in [0.717, 1.165) is 55.8 Å². The van der Waals surface area contributed by atoms with Gasteiger partial charge in [-0.1, -0.05) is 12.1 Å². The summed E-state index contributed by atoms with van der Waals surface area (Å²) in [5.74, 6) is 0.603. The van der Waals surface area contributed by atoms with E-state index in [1.165, 1.54) is 0 Å². The maximum Gasteiger partial charge on any atom is 0.248 e. The van der Waals surface area contributed by atoms with Crippen LogP contribution in [-0.4, -0.2) is 78.4 Å². The first-order chi connectivity index (χ1) is 14.4. The highest BCUT2D eigenvalue weighted by Crippen LogP contribution is 2.34. The predicted molar refractivity (Wildman–Crippen MR) is 115 cm³/mol. The van der Waals surface area contributed by atoms with Gasteiger partial charge in [-0.15, -0.1) is 0 Å². The minimum absolute atomic E-state index is 0.197. The topological polar surface area (TPSA) is 95.7 Å². The van der Waals surface area contributed by atoms with E-state index in [4.69, 9.17) is 10.7 Å². The van der Waals surface area contributed by atoms with Crippen LogP contribution >= 0.6 is 0 Å². The molecule has 0 aliphatic carbocycles. The van der Waals surface area contributed by atoms with E-state index in [1.54, 1.807) is 12.1 Å². The Morgan fingerprint density at radius 1 is 1.23 bits per heavy atom. The van der Waals surface area contributed by atoms with E-state index >= 15 is 0 Å². The maximum atomic E-state index is 12.4. The van der Waals surface area contributed by atoms with Gasteiger partial charge in [0, 0.05) is 57.0 Å². The Hall–Kier alpha value is -3.00. The molecule has 2 N–H and O–H groups in total. The van der Waals surface area contributed by atoms with Gasteiger partial charge in [-0.05, 0) is 37.1 Å². The highest BCUT2D eigenvalue weighted by Gasteiger charge is 2.31. The number of rotatable bonds is 6. The van der Waals surface area contributed by atoms with Crippen molar-refractivity contribution in [2.75, 3.05) is 51.7 Å². The third-order valence-corrected chi connectivity index (χ3v) is 5.89. The third-order valence-electron chi connectivity index (χ3n) is 5.89. The van der Waals surface area contributed by atoms with Gasteiger partial charge in [0.05, 0.1) is 12.2 Å². The normalized spacial score (nSPS) is 18.9. The lowest BCUT2D eigenvalue weighted by atomic mass is 9.95. The molecule has 0 bridgehead atoms. The number of carbonyl (C=O) groups excluding carboxylic acids is 2. The molecule has 1 aromatic carbocycles. The molecule has 8 heteroatoms. The lowest BCUT2D eigenvalue weighted by molar-refractivity contribution is -0.135. The molecule has 2 fully saturated rings. The smallest absolute Gasteiger partial charge is 0.248 e. The second-order valence-corrected chi connectivity index (χ2v) is 8.26. The van der Waals surface area contributed by atoms with E-state index in [1.807, 2.05) is 42.2 Å². The van der Waals surface area contributed by atoms with Gasteiger partial charge < -0.3 is 15.5 Å². The second kappa shape index (κ2) is 8.39. The Morgan fingerprint density at radius 2 is 2.03 bits per heavy atom. The van der Waals surface area contributed by atoms with Gasteiger partial charge in [-0.3, -0.25) is 14.5 Å². The lowest BCUT2D eigenvalue weighted by Gasteiger charge is -2.32. The van der Waals surface area contributed by atoms with Gasteiger partial charge in [0.15, 0.2) is 0 Å². The zero-order valence-corrected chi connectivity index (χ0v) is 17.5. The summed E-state index contributed by atoms with van der Waals surface area (Å²) in [4.78, 5) is 39.4. The summed E-state index contributed by atoms with van der Waals surface area (Å²) in [6.07, 6.45) is 3.86. The number of likely N-dealkylation sites (tertiary alicyclic amines) is 2. The minimum atomic E-state index is -0.458. The lowest BCUT2D eigenvalue weighted by Crippen LogP contribution is -2.46. The fraction of sp³-hybridized carbons (Fsp3) is 0.455. The maximum absolute atomic E-state index is 12.4. The van der Waals surface area contributed by atoms with Crippen molar-refractivity contribution in [1.82, 2.24) is 19.8 Å². The summed E-state index contributed by atoms with van der Waals surface area (Å²) >= 11 is 0. The van der Waals surface area contributed by atoms with Crippen LogP contribution in [0.2, 0.25) is 0 Å². The fourth-order valence-electron chi connectivity index (χ4n) is 4.03. The van der Waals surface area contributed by atoms with E-state index in [2.05, 4.69) is 9.88 Å². The number of hydrogen-bond donors (Lipinski definition) is 1. The van der Waals surface area contributed by atoms with Crippen molar-refractivity contribution in [1.29, 1.82) is 0 Å². The van der Waals surface area contributed by atoms with E-state index < -0.39 is 5.91 Å². The zero-order valence-electron chi connectivity index (χ0n) is 17.5. The molecule has 2 amide bonds. The minimum Gasteiger partial charge on any atom is -0.366 e. The second-order valence-electron chi connectivity index (χ2n) is 8.26. The highest BCUT2D eigenvalue weighted by atomic mass is 16.2. The number of aromatic nitrogens is 2. The largest absolute Gasteiger partial charge is 0.366 e. The Labute approximate surface area is 176 Å². The van der Waals surface area contributed by atoms with Crippen LogP contribution in [0.15, 0.2) is 30.5 Å². The van der Waals surface area contributed by atoms with Crippen LogP contribution in [0.3, 0.4) is 0 Å². The van der Waals surface area contributed by atoms with Crippen molar-refractivity contribution in [2.24, 2.45) is 5.73 Å². The Bertz CT molecular complexity index is 956. The first kappa shape index (κ1) is 20.3. The molecule has 8 nitrogen and oxygen atoms in total. The molecular weight excluding hydrogens is 380 g/mol. The summed E-state index contributed by atoms with van der Waals surface area (Å²) in [6.45, 7) is 3.88. The molecule has 30 heavy (non-hydrogen) atoms. The molecule has 2 aliphatic heterocycles. The zero-order chi connectivity index (χ0) is 21.3. The van der Waals surface area contributed by atoms with Crippen molar-refractivity contribution >= 4 is 17.8 Å². The molecule has 2 saturated heterocycles. The molecule has 158 valence electrons. The summed E-state index contributed by atoms with van der Waals surface area (Å²) in [6, 6.07) is 7.27. The van der Waals surface area contributed by atoms with Crippen LogP contribution in [0.4, 0.5) is 5.95 Å². The molecule has 0 radical (unpaired) electrons. The van der Waals surface area contributed by atoms with Crippen LogP contribution in [0, 0.1) is 0 Å². The molecule has 2 aromatic rings. The van der Waals surface area contributed by atoms with Crippen molar-refractivity contribution in [3.05, 3.63) is 41.7 Å². The first-order valence-corrected chi connectivity index (χ1v) is 10.4. The molecule has 0 spiro atoms. The quantitative estimate of drug-likeness (QED) is 0.775. The van der Waals surface area contributed by atoms with Gasteiger partial charge in [-0.25, -0.2) is 9.97 Å². The molecule has 0 saturated carbocycles. The summed E-state index contributed by atoms with van der Waals surface area (Å²) < 4.78 is 0. The number of anilines is 1. The van der Waals surface area contributed by atoms with E-state index in [0.29, 0.717) is 18.1 Å². The highest BCUT2D eigenvalue weighted by molar-refractivity contribution is 5.94. The van der Waals surface area contributed by atoms with Crippen molar-refractivity contribution in [2.45, 2.75) is 18.8 Å². The van der Waals surface area contributed by atoms with Crippen LogP contribution < -0.4 is 10.6 Å². The van der Waals surface area contributed by atoms with Gasteiger partial charge in [0.1, 0.15) is 0 Å². The van der Waals surface area contributed by atoms with Crippen LogP contribution in [-0.2, 0) is 4.79 Å². The van der Waals surface area contributed by atoms with Crippen LogP contribution in [0.1, 0.15) is 34.8 Å². The number of benzene rings is 1. The number of nitrogens with zero attached hydrogens (tertiary/aromatic N) is 5. The summed E-state index contributed by atoms with van der Waals surface area (Å²) in [5.41, 5.74) is 8.67. The summed E-state index contributed by atoms with van der Waals surface area (Å²) in [5, 5.41) is 0.